The molecule has 0 saturated heterocycles. The van der Waals surface area contributed by atoms with Gasteiger partial charge < -0.3 is 20.0 Å². The molecule has 0 amide bonds. The van der Waals surface area contributed by atoms with E-state index >= 15 is 0 Å². The van der Waals surface area contributed by atoms with Gasteiger partial charge in [0, 0.05) is 58.8 Å². The number of nitrogens with zero attached hydrogens (tertiary/aromatic N) is 1. The van der Waals surface area contributed by atoms with Crippen LogP contribution in [0.25, 0.3) is 22.3 Å². The minimum atomic E-state index is -1.11. The van der Waals surface area contributed by atoms with Crippen molar-refractivity contribution in [2.75, 3.05) is 0 Å². The molecule has 2 radical (unpaired) electrons. The van der Waals surface area contributed by atoms with Crippen LogP contribution < -0.4 is 0 Å². The Labute approximate surface area is 147 Å². The molecule has 0 aliphatic heterocycles. The zero-order valence-corrected chi connectivity index (χ0v) is 15.1. The number of aromatic carboxylic acids is 1. The molecule has 0 aliphatic carbocycles. The third-order valence-corrected chi connectivity index (χ3v) is 2.42. The molecule has 0 aliphatic rings. The number of benzene rings is 1. The van der Waals surface area contributed by atoms with Gasteiger partial charge in [-0.15, -0.1) is 28.9 Å². The van der Waals surface area contributed by atoms with E-state index in [1.165, 1.54) is 0 Å². The van der Waals surface area contributed by atoms with E-state index < -0.39 is 5.97 Å². The van der Waals surface area contributed by atoms with E-state index in [0.717, 1.165) is 10.9 Å². The van der Waals surface area contributed by atoms with Crippen molar-refractivity contribution >= 4 is 16.9 Å². The second-order valence-corrected chi connectivity index (χ2v) is 3.55. The summed E-state index contributed by atoms with van der Waals surface area (Å²) in [7, 11) is 0. The van der Waals surface area contributed by atoms with Gasteiger partial charge in [-0.25, -0.2) is 5.10 Å². The molecule has 0 saturated carbocycles. The monoisotopic (exact) mass is 501 g/mol. The van der Waals surface area contributed by atoms with Crippen LogP contribution in [0.2, 0.25) is 0 Å². The summed E-state index contributed by atoms with van der Waals surface area (Å²) in [5, 5.41) is 15.9. The Bertz CT molecular complexity index is 675. The van der Waals surface area contributed by atoms with Crippen LogP contribution in [0.3, 0.4) is 0 Å². The molecule has 94 valence electrons. The molecular weight excluding hydrogens is 493 g/mol. The Morgan fingerprint density at radius 1 is 1.21 bits per heavy atom. The predicted octanol–water partition coefficient (Wildman–Crippen LogP) is 1.85. The molecule has 2 heterocycles. The van der Waals surface area contributed by atoms with Gasteiger partial charge in [-0.1, -0.05) is 12.1 Å². The number of carboxylic acid groups (broad SMARTS) is 1. The third-order valence-electron chi connectivity index (χ3n) is 2.42. The Morgan fingerprint density at radius 3 is 2.58 bits per heavy atom. The summed E-state index contributed by atoms with van der Waals surface area (Å²) < 4.78 is 0. The number of para-hydroxylation sites is 1. The number of rotatable bonds is 2. The summed E-state index contributed by atoms with van der Waals surface area (Å²) >= 11 is 0. The van der Waals surface area contributed by atoms with Gasteiger partial charge in [0.05, 0.1) is 0 Å². The van der Waals surface area contributed by atoms with Crippen LogP contribution in [0.1, 0.15) is 10.5 Å². The molecule has 7 heteroatoms. The maximum absolute atomic E-state index is 10.7. The summed E-state index contributed by atoms with van der Waals surface area (Å²) in [4.78, 5) is 13.8. The van der Waals surface area contributed by atoms with Crippen LogP contribution in [-0.4, -0.2) is 26.3 Å². The van der Waals surface area contributed by atoms with E-state index in [9.17, 15) is 4.79 Å². The second kappa shape index (κ2) is 6.58. The number of hydrogen-bond donors (Lipinski definition) is 3. The van der Waals surface area contributed by atoms with Crippen molar-refractivity contribution in [3.05, 3.63) is 42.1 Å². The standard InChI is InChI=1S/C12H7N3O2.Re.Y/c16-12(17)11-6-10(14-15-11)9-5-7-3-1-2-4-8(7)13-9;;/h1-4,13H,(H,14,15)(H,16,17);;/q-2;;. The molecule has 0 atom stereocenters. The summed E-state index contributed by atoms with van der Waals surface area (Å²) in [5.74, 6) is -1.11. The average Bonchev–Trinajstić information content (AvgIpc) is 2.95. The first-order valence-corrected chi connectivity index (χ1v) is 4.95. The van der Waals surface area contributed by atoms with Gasteiger partial charge in [0.15, 0.2) is 0 Å². The third kappa shape index (κ3) is 3.21. The quantitative estimate of drug-likeness (QED) is 0.470. The summed E-state index contributed by atoms with van der Waals surface area (Å²) in [6, 6.07) is 13.4. The Kier molecular flexibility index (Phi) is 5.63. The first kappa shape index (κ1) is 16.3. The molecule has 3 N–H and O–H groups in total. The van der Waals surface area contributed by atoms with Gasteiger partial charge >= 0.3 is 0 Å². The fourth-order valence-corrected chi connectivity index (χ4v) is 1.63. The zero-order chi connectivity index (χ0) is 11.8. The van der Waals surface area contributed by atoms with Crippen molar-refractivity contribution in [1.82, 2.24) is 15.2 Å². The molecule has 0 bridgehead atoms. The minimum Gasteiger partial charge on any atom is -0.533 e. The molecule has 3 rings (SSSR count). The van der Waals surface area contributed by atoms with Crippen LogP contribution in [0.15, 0.2) is 24.3 Å². The van der Waals surface area contributed by atoms with Crippen molar-refractivity contribution in [1.29, 1.82) is 0 Å². The fraction of sp³-hybridized carbons (Fsp3) is 0. The van der Waals surface area contributed by atoms with E-state index in [1.807, 2.05) is 24.3 Å². The van der Waals surface area contributed by atoms with Crippen molar-refractivity contribution in [2.45, 2.75) is 0 Å². The summed E-state index contributed by atoms with van der Waals surface area (Å²) in [6.07, 6.45) is 0. The van der Waals surface area contributed by atoms with Crippen molar-refractivity contribution in [2.24, 2.45) is 0 Å². The van der Waals surface area contributed by atoms with E-state index in [-0.39, 0.29) is 58.8 Å². The summed E-state index contributed by atoms with van der Waals surface area (Å²) in [6.45, 7) is 0. The number of nitrogens with one attached hydrogen (secondary N) is 2. The molecule has 19 heavy (non-hydrogen) atoms. The molecule has 0 spiro atoms. The van der Waals surface area contributed by atoms with E-state index in [4.69, 9.17) is 5.11 Å². The maximum atomic E-state index is 10.7. The van der Waals surface area contributed by atoms with Gasteiger partial charge in [-0.2, -0.15) is 12.1 Å². The Morgan fingerprint density at radius 2 is 1.95 bits per heavy atom. The van der Waals surface area contributed by atoms with Crippen LogP contribution >= 0.6 is 0 Å². The molecule has 0 fully saturated rings. The number of carboxylic acids is 1. The molecular formula is C12H7N3O2ReY-2. The zero-order valence-electron chi connectivity index (χ0n) is 9.57. The Hall–Kier alpha value is -0.794. The number of carbonyl (C=O) groups is 1. The molecule has 5 nitrogen and oxygen atoms in total. The maximum Gasteiger partial charge on any atom is 0.248 e. The SMILES string of the molecule is O=C(O)c1[c-]c(-c2[c-]c3ccccc3[nH]2)[nH]n1.[Re].[Y]. The number of aromatic amines is 2. The van der Waals surface area contributed by atoms with Gasteiger partial charge in [0.25, 0.3) is 0 Å². The molecule has 2 aromatic heterocycles. The normalized spacial score (nSPS) is 9.68. The second-order valence-electron chi connectivity index (χ2n) is 3.55. The average molecular weight is 500 g/mol. The van der Waals surface area contributed by atoms with E-state index in [2.05, 4.69) is 27.3 Å². The number of aromatic nitrogens is 3. The predicted molar refractivity (Wildman–Crippen MR) is 60.5 cm³/mol. The van der Waals surface area contributed by atoms with E-state index in [1.54, 1.807) is 0 Å². The van der Waals surface area contributed by atoms with Crippen molar-refractivity contribution in [3.63, 3.8) is 0 Å². The van der Waals surface area contributed by atoms with Gasteiger partial charge in [0.2, 0.25) is 5.97 Å². The summed E-state index contributed by atoms with van der Waals surface area (Å²) in [5.41, 5.74) is 1.93. The smallest absolute Gasteiger partial charge is 0.248 e. The first-order valence-electron chi connectivity index (χ1n) is 4.95. The largest absolute Gasteiger partial charge is 0.533 e. The first-order chi connectivity index (χ1) is 8.24. The number of fused-ring (bicyclic) bond motifs is 1. The van der Waals surface area contributed by atoms with Crippen LogP contribution in [-0.2, 0) is 53.1 Å². The fourth-order valence-electron chi connectivity index (χ4n) is 1.63. The van der Waals surface area contributed by atoms with Crippen molar-refractivity contribution < 1.29 is 63.0 Å². The number of H-pyrrole nitrogens is 2. The molecule has 3 aromatic rings. The van der Waals surface area contributed by atoms with Gasteiger partial charge in [0.1, 0.15) is 0 Å². The molecule has 0 unspecified atom stereocenters. The number of hydrogen-bond acceptors (Lipinski definition) is 2. The minimum absolute atomic E-state index is 0. The topological polar surface area (TPSA) is 81.8 Å². The Balaban J connectivity index is 0.000000902. The van der Waals surface area contributed by atoms with Gasteiger partial charge in [-0.3, -0.25) is 0 Å². The van der Waals surface area contributed by atoms with Crippen LogP contribution in [0, 0.1) is 12.1 Å². The van der Waals surface area contributed by atoms with Crippen molar-refractivity contribution in [3.8, 4) is 11.4 Å². The van der Waals surface area contributed by atoms with E-state index in [0.29, 0.717) is 11.4 Å². The van der Waals surface area contributed by atoms with Crippen LogP contribution in [0.4, 0.5) is 0 Å². The van der Waals surface area contributed by atoms with Crippen LogP contribution in [0.5, 0.6) is 0 Å². The molecule has 1 aromatic carbocycles. The van der Waals surface area contributed by atoms with Gasteiger partial charge in [-0.05, 0) is 5.52 Å².